The highest BCUT2D eigenvalue weighted by molar-refractivity contribution is 5.93. The van der Waals surface area contributed by atoms with Crippen LogP contribution in [0.4, 0.5) is 10.2 Å². The Labute approximate surface area is 144 Å². The number of benzene rings is 2. The first-order valence-electron chi connectivity index (χ1n) is 7.91. The molecule has 5 heteroatoms. The van der Waals surface area contributed by atoms with Gasteiger partial charge in [-0.2, -0.15) is 0 Å². The summed E-state index contributed by atoms with van der Waals surface area (Å²) in [6.07, 6.45) is 3.43. The molecular weight excluding hydrogens is 315 g/mol. The Morgan fingerprint density at radius 1 is 0.920 bits per heavy atom. The van der Waals surface area contributed by atoms with Gasteiger partial charge < -0.3 is 5.32 Å². The molecule has 0 saturated heterocycles. The van der Waals surface area contributed by atoms with Crippen molar-refractivity contribution in [3.8, 4) is 22.5 Å². The Kier molecular flexibility index (Phi) is 3.82. The number of hydrogen-bond donors (Lipinski definition) is 1. The second-order valence-corrected chi connectivity index (χ2v) is 5.60. The molecule has 122 valence electrons. The van der Waals surface area contributed by atoms with E-state index in [4.69, 9.17) is 0 Å². The third-order valence-electron chi connectivity index (χ3n) is 4.04. The van der Waals surface area contributed by atoms with Gasteiger partial charge >= 0.3 is 0 Å². The topological polar surface area (TPSA) is 50.7 Å². The van der Waals surface area contributed by atoms with E-state index in [1.807, 2.05) is 43.4 Å². The summed E-state index contributed by atoms with van der Waals surface area (Å²) < 4.78 is 14.1. The summed E-state index contributed by atoms with van der Waals surface area (Å²) in [5.41, 5.74) is 2.91. The van der Waals surface area contributed by atoms with Gasteiger partial charge in [-0.25, -0.2) is 14.4 Å². The lowest BCUT2D eigenvalue weighted by molar-refractivity contribution is 0.631. The zero-order chi connectivity index (χ0) is 17.2. The van der Waals surface area contributed by atoms with Crippen molar-refractivity contribution in [2.45, 2.75) is 0 Å². The highest BCUT2D eigenvalue weighted by Gasteiger charge is 2.11. The molecule has 2 heterocycles. The molecule has 0 unspecified atom stereocenters. The van der Waals surface area contributed by atoms with Crippen LogP contribution in [0.15, 0.2) is 67.0 Å². The summed E-state index contributed by atoms with van der Waals surface area (Å²) in [7, 11) is 1.82. The molecule has 0 aliphatic rings. The highest BCUT2D eigenvalue weighted by Crippen LogP contribution is 2.30. The molecule has 25 heavy (non-hydrogen) atoms. The molecule has 0 aliphatic heterocycles. The van der Waals surface area contributed by atoms with Gasteiger partial charge in [0.1, 0.15) is 11.6 Å². The van der Waals surface area contributed by atoms with Crippen LogP contribution in [0.5, 0.6) is 0 Å². The summed E-state index contributed by atoms with van der Waals surface area (Å²) in [4.78, 5) is 13.4. The van der Waals surface area contributed by atoms with Crippen LogP contribution in [0.25, 0.3) is 33.4 Å². The van der Waals surface area contributed by atoms with Crippen molar-refractivity contribution < 1.29 is 4.39 Å². The molecule has 0 bridgehead atoms. The Morgan fingerprint density at radius 2 is 1.80 bits per heavy atom. The Morgan fingerprint density at radius 3 is 2.56 bits per heavy atom. The van der Waals surface area contributed by atoms with Crippen molar-refractivity contribution in [2.75, 3.05) is 12.4 Å². The third-order valence-corrected chi connectivity index (χ3v) is 4.04. The predicted molar refractivity (Wildman–Crippen MR) is 97.7 cm³/mol. The molecule has 4 aromatic rings. The normalized spacial score (nSPS) is 10.8. The minimum Gasteiger partial charge on any atom is -0.373 e. The van der Waals surface area contributed by atoms with E-state index >= 15 is 0 Å². The Bertz CT molecular complexity index is 1050. The predicted octanol–water partition coefficient (Wildman–Crippen LogP) is 4.54. The number of hydrogen-bond acceptors (Lipinski definition) is 4. The summed E-state index contributed by atoms with van der Waals surface area (Å²) in [5.74, 6) is 1.05. The molecule has 2 aromatic carbocycles. The minimum atomic E-state index is -0.253. The lowest BCUT2D eigenvalue weighted by Gasteiger charge is -2.10. The summed E-state index contributed by atoms with van der Waals surface area (Å²) in [5, 5.41) is 3.99. The van der Waals surface area contributed by atoms with Crippen molar-refractivity contribution in [1.82, 2.24) is 15.0 Å². The number of halogens is 1. The monoisotopic (exact) mass is 330 g/mol. The first-order chi connectivity index (χ1) is 12.3. The molecular formula is C20H15FN4. The molecule has 0 saturated carbocycles. The van der Waals surface area contributed by atoms with Crippen molar-refractivity contribution >= 4 is 16.7 Å². The molecule has 2 aromatic heterocycles. The molecule has 4 rings (SSSR count). The zero-order valence-corrected chi connectivity index (χ0v) is 13.6. The van der Waals surface area contributed by atoms with Crippen LogP contribution in [0.3, 0.4) is 0 Å². The molecule has 4 nitrogen and oxygen atoms in total. The van der Waals surface area contributed by atoms with Crippen LogP contribution < -0.4 is 5.32 Å². The van der Waals surface area contributed by atoms with E-state index in [0.717, 1.165) is 27.8 Å². The Balaban J connectivity index is 1.93. The summed E-state index contributed by atoms with van der Waals surface area (Å²) in [6.45, 7) is 0. The van der Waals surface area contributed by atoms with Gasteiger partial charge in [0.25, 0.3) is 0 Å². The van der Waals surface area contributed by atoms with E-state index in [1.54, 1.807) is 24.5 Å². The third kappa shape index (κ3) is 2.80. The van der Waals surface area contributed by atoms with Crippen LogP contribution in [0, 0.1) is 5.82 Å². The number of rotatable bonds is 3. The van der Waals surface area contributed by atoms with E-state index in [9.17, 15) is 4.39 Å². The van der Waals surface area contributed by atoms with Gasteiger partial charge in [-0.15, -0.1) is 0 Å². The van der Waals surface area contributed by atoms with Crippen LogP contribution >= 0.6 is 0 Å². The fourth-order valence-electron chi connectivity index (χ4n) is 2.81. The number of pyridine rings is 1. The van der Waals surface area contributed by atoms with Crippen LogP contribution in [-0.2, 0) is 0 Å². The maximum absolute atomic E-state index is 14.1. The van der Waals surface area contributed by atoms with Crippen LogP contribution in [0.1, 0.15) is 0 Å². The number of nitrogens with zero attached hydrogens (tertiary/aromatic N) is 3. The van der Waals surface area contributed by atoms with E-state index in [-0.39, 0.29) is 5.82 Å². The number of anilines is 1. The Hall–Kier alpha value is -3.34. The van der Waals surface area contributed by atoms with Crippen molar-refractivity contribution in [2.24, 2.45) is 0 Å². The average molecular weight is 330 g/mol. The first-order valence-corrected chi connectivity index (χ1v) is 7.91. The lowest BCUT2D eigenvalue weighted by atomic mass is 10.0. The standard InChI is InChI=1S/C20H15FN4/c1-22-20-16-9-8-13(15-6-2-3-7-17(15)21)11-18(16)24-19(25-20)14-5-4-10-23-12-14/h2-12H,1H3,(H,22,24,25). The molecule has 1 N–H and O–H groups in total. The molecule has 0 radical (unpaired) electrons. The lowest BCUT2D eigenvalue weighted by Crippen LogP contribution is -1.99. The van der Waals surface area contributed by atoms with Crippen LogP contribution in [0.2, 0.25) is 0 Å². The fraction of sp³-hybridized carbons (Fsp3) is 0.0500. The first kappa shape index (κ1) is 15.2. The minimum absolute atomic E-state index is 0.253. The van der Waals surface area contributed by atoms with Crippen molar-refractivity contribution in [3.63, 3.8) is 0 Å². The zero-order valence-electron chi connectivity index (χ0n) is 13.6. The molecule has 0 aliphatic carbocycles. The summed E-state index contributed by atoms with van der Waals surface area (Å²) >= 11 is 0. The van der Waals surface area contributed by atoms with Gasteiger partial charge in [0, 0.05) is 36.0 Å². The largest absolute Gasteiger partial charge is 0.373 e. The van der Waals surface area contributed by atoms with E-state index in [0.29, 0.717) is 11.4 Å². The van der Waals surface area contributed by atoms with Crippen molar-refractivity contribution in [1.29, 1.82) is 0 Å². The van der Waals surface area contributed by atoms with Gasteiger partial charge in [0.05, 0.1) is 5.52 Å². The van der Waals surface area contributed by atoms with Gasteiger partial charge in [0.15, 0.2) is 5.82 Å². The number of nitrogens with one attached hydrogen (secondary N) is 1. The van der Waals surface area contributed by atoms with E-state index in [1.165, 1.54) is 6.07 Å². The molecule has 0 amide bonds. The molecule has 0 spiro atoms. The fourth-order valence-corrected chi connectivity index (χ4v) is 2.81. The SMILES string of the molecule is CNc1nc(-c2cccnc2)nc2cc(-c3ccccc3F)ccc12. The van der Waals surface area contributed by atoms with Gasteiger partial charge in [-0.1, -0.05) is 24.3 Å². The molecule has 0 fully saturated rings. The highest BCUT2D eigenvalue weighted by atomic mass is 19.1. The van der Waals surface area contributed by atoms with Gasteiger partial charge in [0.2, 0.25) is 0 Å². The van der Waals surface area contributed by atoms with E-state index in [2.05, 4.69) is 20.3 Å². The molecule has 0 atom stereocenters. The number of fused-ring (bicyclic) bond motifs is 1. The van der Waals surface area contributed by atoms with Crippen LogP contribution in [-0.4, -0.2) is 22.0 Å². The van der Waals surface area contributed by atoms with Gasteiger partial charge in [-0.05, 0) is 35.9 Å². The maximum Gasteiger partial charge on any atom is 0.163 e. The second-order valence-electron chi connectivity index (χ2n) is 5.60. The summed E-state index contributed by atoms with van der Waals surface area (Å²) in [6, 6.07) is 16.2. The second kappa shape index (κ2) is 6.28. The average Bonchev–Trinajstić information content (AvgIpc) is 2.67. The quantitative estimate of drug-likeness (QED) is 0.599. The number of aromatic nitrogens is 3. The van der Waals surface area contributed by atoms with Gasteiger partial charge in [-0.3, -0.25) is 4.98 Å². The smallest absolute Gasteiger partial charge is 0.163 e. The van der Waals surface area contributed by atoms with Crippen molar-refractivity contribution in [3.05, 3.63) is 72.8 Å². The maximum atomic E-state index is 14.1. The van der Waals surface area contributed by atoms with E-state index < -0.39 is 0 Å².